The third-order valence-corrected chi connectivity index (χ3v) is 7.26. The van der Waals surface area contributed by atoms with Crippen LogP contribution in [0.2, 0.25) is 0 Å². The normalized spacial score (nSPS) is 16.7. The lowest BCUT2D eigenvalue weighted by atomic mass is 9.93. The Morgan fingerprint density at radius 2 is 1.77 bits per heavy atom. The zero-order valence-electron chi connectivity index (χ0n) is 17.6. The molecule has 8 nitrogen and oxygen atoms in total. The molecule has 0 saturated carbocycles. The van der Waals surface area contributed by atoms with Gasteiger partial charge in [0.15, 0.2) is 0 Å². The van der Waals surface area contributed by atoms with Gasteiger partial charge in [-0.25, -0.2) is 14.1 Å². The van der Waals surface area contributed by atoms with Gasteiger partial charge in [0.2, 0.25) is 0 Å². The van der Waals surface area contributed by atoms with Crippen LogP contribution in [0.15, 0.2) is 27.6 Å². The predicted molar refractivity (Wildman–Crippen MR) is 117 cm³/mol. The lowest BCUT2D eigenvalue weighted by Gasteiger charge is -2.17. The molecule has 4 N–H and O–H groups in total. The molecule has 2 amide bonds. The Balaban J connectivity index is 1.67. The van der Waals surface area contributed by atoms with Crippen molar-refractivity contribution in [2.45, 2.75) is 62.9 Å². The average Bonchev–Trinajstić information content (AvgIpc) is 3.37. The van der Waals surface area contributed by atoms with E-state index in [0.29, 0.717) is 11.4 Å². The standard InChI is InChI=1S/C22H25N5O3S/c1-22(2,29)19-10-9-13(12-25-19)31(24,30)27-21(28)26-20-16-7-3-5-14(16)18(11-23)15-6-4-8-17(15)20/h9-10,12,29H,3-8H2,1-2H3,(H3,24,26,27,28,30). The molecule has 1 atom stereocenters. The summed E-state index contributed by atoms with van der Waals surface area (Å²) in [6.45, 7) is 3.17. The van der Waals surface area contributed by atoms with Gasteiger partial charge in [-0.15, -0.1) is 4.36 Å². The molecule has 1 heterocycles. The molecule has 0 radical (unpaired) electrons. The van der Waals surface area contributed by atoms with Crippen LogP contribution in [0.3, 0.4) is 0 Å². The van der Waals surface area contributed by atoms with Crippen LogP contribution < -0.4 is 10.5 Å². The highest BCUT2D eigenvalue weighted by molar-refractivity contribution is 7.91. The van der Waals surface area contributed by atoms with Crippen molar-refractivity contribution in [1.29, 1.82) is 5.26 Å². The van der Waals surface area contributed by atoms with Crippen LogP contribution in [0.1, 0.15) is 60.2 Å². The fourth-order valence-corrected chi connectivity index (χ4v) is 5.33. The highest BCUT2D eigenvalue weighted by Gasteiger charge is 2.29. The number of aromatic nitrogens is 1. The van der Waals surface area contributed by atoms with E-state index in [4.69, 9.17) is 5.14 Å². The van der Waals surface area contributed by atoms with Crippen LogP contribution in [0.25, 0.3) is 0 Å². The first-order chi connectivity index (χ1) is 14.6. The predicted octanol–water partition coefficient (Wildman–Crippen LogP) is 3.09. The summed E-state index contributed by atoms with van der Waals surface area (Å²) >= 11 is 0. The summed E-state index contributed by atoms with van der Waals surface area (Å²) in [5, 5.41) is 28.4. The van der Waals surface area contributed by atoms with Crippen molar-refractivity contribution in [2.75, 3.05) is 5.32 Å². The number of fused-ring (bicyclic) bond motifs is 2. The Hall–Kier alpha value is -2.80. The lowest BCUT2D eigenvalue weighted by Crippen LogP contribution is -2.21. The second-order valence-corrected chi connectivity index (χ2v) is 10.3. The largest absolute Gasteiger partial charge is 0.384 e. The van der Waals surface area contributed by atoms with E-state index in [2.05, 4.69) is 20.7 Å². The molecule has 2 aliphatic carbocycles. The Labute approximate surface area is 181 Å². The molecule has 2 aliphatic rings. The molecule has 1 aromatic carbocycles. The Morgan fingerprint density at radius 1 is 1.19 bits per heavy atom. The summed E-state index contributed by atoms with van der Waals surface area (Å²) < 4.78 is 16.7. The lowest BCUT2D eigenvalue weighted by molar-refractivity contribution is 0.0737. The van der Waals surface area contributed by atoms with Crippen molar-refractivity contribution >= 4 is 21.6 Å². The number of carbonyl (C=O) groups excluding carboxylic acids is 1. The molecule has 1 aromatic heterocycles. The summed E-state index contributed by atoms with van der Waals surface area (Å²) in [7, 11) is -3.52. The number of hydrogen-bond acceptors (Lipinski definition) is 5. The van der Waals surface area contributed by atoms with Crippen LogP contribution in [0, 0.1) is 11.3 Å². The molecule has 9 heteroatoms. The van der Waals surface area contributed by atoms with Crippen molar-refractivity contribution in [1.82, 2.24) is 4.98 Å². The van der Waals surface area contributed by atoms with Crippen LogP contribution in [-0.4, -0.2) is 20.3 Å². The first-order valence-electron chi connectivity index (χ1n) is 10.3. The summed E-state index contributed by atoms with van der Waals surface area (Å²) in [4.78, 5) is 16.9. The number of benzene rings is 1. The van der Waals surface area contributed by atoms with Gasteiger partial charge in [-0.1, -0.05) is 0 Å². The number of nitrogens with zero attached hydrogens (tertiary/aromatic N) is 3. The second-order valence-electron chi connectivity index (χ2n) is 8.51. The number of nitriles is 1. The van der Waals surface area contributed by atoms with Gasteiger partial charge in [0.25, 0.3) is 0 Å². The SMILES string of the molecule is CC(C)(O)c1ccc(S(N)(=O)=NC(=O)Nc2c3c(c(C#N)c4c2CCC4)CCC3)cn1. The number of carbonyl (C=O) groups is 1. The van der Waals surface area contributed by atoms with E-state index in [1.54, 1.807) is 13.8 Å². The van der Waals surface area contributed by atoms with Crippen LogP contribution in [0.4, 0.5) is 10.5 Å². The van der Waals surface area contributed by atoms with Crippen molar-refractivity contribution < 1.29 is 14.1 Å². The van der Waals surface area contributed by atoms with Gasteiger partial charge in [0.1, 0.15) is 15.5 Å². The number of amides is 2. The molecular formula is C22H25N5O3S. The topological polar surface area (TPSA) is 141 Å². The Bertz CT molecular complexity index is 1190. The Morgan fingerprint density at radius 3 is 2.26 bits per heavy atom. The van der Waals surface area contributed by atoms with Crippen molar-refractivity contribution in [3.05, 3.63) is 51.8 Å². The number of hydrogen-bond donors (Lipinski definition) is 3. The highest BCUT2D eigenvalue weighted by atomic mass is 32.2. The van der Waals surface area contributed by atoms with E-state index in [9.17, 15) is 19.4 Å². The molecule has 31 heavy (non-hydrogen) atoms. The van der Waals surface area contributed by atoms with Crippen molar-refractivity contribution in [2.24, 2.45) is 9.50 Å². The van der Waals surface area contributed by atoms with E-state index in [0.717, 1.165) is 66.3 Å². The highest BCUT2D eigenvalue weighted by Crippen LogP contribution is 2.41. The fraction of sp³-hybridized carbons (Fsp3) is 0.409. The first kappa shape index (κ1) is 21.4. The van der Waals surface area contributed by atoms with E-state index < -0.39 is 21.5 Å². The van der Waals surface area contributed by atoms with E-state index in [1.807, 2.05) is 0 Å². The molecule has 162 valence electrons. The molecule has 0 saturated heterocycles. The average molecular weight is 440 g/mol. The maximum Gasteiger partial charge on any atom is 0.354 e. The minimum absolute atomic E-state index is 0.103. The minimum atomic E-state index is -3.52. The quantitative estimate of drug-likeness (QED) is 0.674. The number of anilines is 1. The molecule has 0 aliphatic heterocycles. The van der Waals surface area contributed by atoms with Gasteiger partial charge in [0, 0.05) is 11.9 Å². The van der Waals surface area contributed by atoms with Crippen molar-refractivity contribution in [3.8, 4) is 6.07 Å². The van der Waals surface area contributed by atoms with Gasteiger partial charge in [-0.3, -0.25) is 4.98 Å². The van der Waals surface area contributed by atoms with Gasteiger partial charge >= 0.3 is 6.03 Å². The van der Waals surface area contributed by atoms with Crippen molar-refractivity contribution in [3.63, 3.8) is 0 Å². The molecule has 4 rings (SSSR count). The van der Waals surface area contributed by atoms with Gasteiger partial charge in [-0.2, -0.15) is 5.26 Å². The van der Waals surface area contributed by atoms with Gasteiger partial charge < -0.3 is 10.4 Å². The summed E-state index contributed by atoms with van der Waals surface area (Å²) in [5.41, 5.74) is 4.70. The van der Waals surface area contributed by atoms with E-state index in [-0.39, 0.29) is 4.90 Å². The summed E-state index contributed by atoms with van der Waals surface area (Å²) in [6, 6.07) is 4.54. The zero-order valence-corrected chi connectivity index (χ0v) is 18.4. The molecule has 1 unspecified atom stereocenters. The monoisotopic (exact) mass is 439 g/mol. The molecule has 0 spiro atoms. The number of nitrogens with two attached hydrogens (primary N) is 1. The fourth-order valence-electron chi connectivity index (χ4n) is 4.46. The number of rotatable bonds is 3. The molecular weight excluding hydrogens is 414 g/mol. The third kappa shape index (κ3) is 3.94. The van der Waals surface area contributed by atoms with Crippen LogP contribution in [0.5, 0.6) is 0 Å². The summed E-state index contributed by atoms with van der Waals surface area (Å²) in [5.74, 6) is 0. The summed E-state index contributed by atoms with van der Waals surface area (Å²) in [6.07, 6.45) is 6.33. The zero-order chi connectivity index (χ0) is 22.4. The molecule has 2 aromatic rings. The minimum Gasteiger partial charge on any atom is -0.384 e. The maximum atomic E-state index is 12.9. The van der Waals surface area contributed by atoms with E-state index >= 15 is 0 Å². The third-order valence-electron chi connectivity index (χ3n) is 5.91. The number of aliphatic hydroxyl groups is 1. The molecule has 0 bridgehead atoms. The molecule has 0 fully saturated rings. The number of urea groups is 1. The Kier molecular flexibility index (Phi) is 5.33. The smallest absolute Gasteiger partial charge is 0.354 e. The van der Waals surface area contributed by atoms with Crippen LogP contribution in [-0.2, 0) is 41.2 Å². The second kappa shape index (κ2) is 7.71. The first-order valence-corrected chi connectivity index (χ1v) is 11.8. The van der Waals surface area contributed by atoms with E-state index in [1.165, 1.54) is 18.3 Å². The van der Waals surface area contributed by atoms with Crippen LogP contribution >= 0.6 is 0 Å². The number of nitrogens with one attached hydrogen (secondary N) is 1. The maximum absolute atomic E-state index is 12.9. The van der Waals surface area contributed by atoms with Gasteiger partial charge in [0.05, 0.1) is 22.2 Å². The number of pyridine rings is 1. The van der Waals surface area contributed by atoms with Gasteiger partial charge in [-0.05, 0) is 86.8 Å².